The van der Waals surface area contributed by atoms with E-state index in [4.69, 9.17) is 23.2 Å². The van der Waals surface area contributed by atoms with Gasteiger partial charge in [0, 0.05) is 7.05 Å². The summed E-state index contributed by atoms with van der Waals surface area (Å²) in [7, 11) is 1.90. The molecule has 0 spiro atoms. The number of rotatable bonds is 3. The van der Waals surface area contributed by atoms with Crippen LogP contribution in [0.5, 0.6) is 0 Å². The lowest BCUT2D eigenvalue weighted by Gasteiger charge is -2.07. The van der Waals surface area contributed by atoms with Gasteiger partial charge in [0.15, 0.2) is 5.82 Å². The van der Waals surface area contributed by atoms with E-state index < -0.39 is 0 Å². The lowest BCUT2D eigenvalue weighted by molar-refractivity contribution is 0.691. The highest BCUT2D eigenvalue weighted by Crippen LogP contribution is 2.25. The predicted octanol–water partition coefficient (Wildman–Crippen LogP) is 2.61. The van der Waals surface area contributed by atoms with Gasteiger partial charge < -0.3 is 9.13 Å². The first kappa shape index (κ1) is 12.4. The first-order valence-electron chi connectivity index (χ1n) is 5.73. The molecule has 5 nitrogen and oxygen atoms in total. The molecule has 0 aliphatic heterocycles. The van der Waals surface area contributed by atoms with Gasteiger partial charge in [0.1, 0.15) is 12.2 Å². The average Bonchev–Trinajstić information content (AvgIpc) is 2.96. The molecule has 0 unspecified atom stereocenters. The SMILES string of the molecule is Cn1cnnc1Cn1c(CCl)nc2cccc(Cl)c21. The molecule has 3 aromatic rings. The van der Waals surface area contributed by atoms with Crippen LogP contribution in [0, 0.1) is 0 Å². The van der Waals surface area contributed by atoms with Crippen LogP contribution in [-0.4, -0.2) is 24.3 Å². The fourth-order valence-corrected chi connectivity index (χ4v) is 2.53. The number of para-hydroxylation sites is 1. The maximum absolute atomic E-state index is 6.27. The molecular formula is C12H11Cl2N5. The number of hydrogen-bond donors (Lipinski definition) is 0. The first-order chi connectivity index (χ1) is 9.20. The molecule has 0 amide bonds. The van der Waals surface area contributed by atoms with Crippen LogP contribution < -0.4 is 0 Å². The van der Waals surface area contributed by atoms with Crippen LogP contribution in [0.3, 0.4) is 0 Å². The van der Waals surface area contributed by atoms with Gasteiger partial charge in [-0.15, -0.1) is 21.8 Å². The van der Waals surface area contributed by atoms with Gasteiger partial charge in [0.25, 0.3) is 0 Å². The summed E-state index contributed by atoms with van der Waals surface area (Å²) in [6.07, 6.45) is 1.66. The molecule has 0 aliphatic carbocycles. The van der Waals surface area contributed by atoms with Crippen molar-refractivity contribution in [3.8, 4) is 0 Å². The summed E-state index contributed by atoms with van der Waals surface area (Å²) in [6, 6.07) is 5.64. The van der Waals surface area contributed by atoms with Gasteiger partial charge in [0.2, 0.25) is 0 Å². The number of aryl methyl sites for hydroxylation is 1. The summed E-state index contributed by atoms with van der Waals surface area (Å²) in [5.41, 5.74) is 1.72. The van der Waals surface area contributed by atoms with Crippen molar-refractivity contribution in [1.82, 2.24) is 24.3 Å². The first-order valence-corrected chi connectivity index (χ1v) is 6.64. The van der Waals surface area contributed by atoms with Gasteiger partial charge >= 0.3 is 0 Å². The molecule has 98 valence electrons. The number of benzene rings is 1. The normalized spacial score (nSPS) is 11.3. The van der Waals surface area contributed by atoms with Crippen molar-refractivity contribution in [2.24, 2.45) is 7.05 Å². The molecule has 7 heteroatoms. The minimum atomic E-state index is 0.322. The zero-order chi connectivity index (χ0) is 13.4. The van der Waals surface area contributed by atoms with Crippen molar-refractivity contribution in [1.29, 1.82) is 0 Å². The zero-order valence-corrected chi connectivity index (χ0v) is 11.7. The number of alkyl halides is 1. The Balaban J connectivity index is 2.18. The molecule has 0 saturated heterocycles. The smallest absolute Gasteiger partial charge is 0.152 e. The third kappa shape index (κ3) is 2.09. The van der Waals surface area contributed by atoms with Gasteiger partial charge in [0.05, 0.1) is 28.5 Å². The minimum absolute atomic E-state index is 0.322. The second-order valence-corrected chi connectivity index (χ2v) is 4.89. The third-order valence-electron chi connectivity index (χ3n) is 3.02. The summed E-state index contributed by atoms with van der Waals surface area (Å²) in [5, 5.41) is 8.61. The summed E-state index contributed by atoms with van der Waals surface area (Å²) < 4.78 is 3.84. The van der Waals surface area contributed by atoms with Crippen LogP contribution in [0.25, 0.3) is 11.0 Å². The summed E-state index contributed by atoms with van der Waals surface area (Å²) >= 11 is 12.2. The van der Waals surface area contributed by atoms with Crippen LogP contribution in [0.2, 0.25) is 5.02 Å². The van der Waals surface area contributed by atoms with Crippen molar-refractivity contribution in [2.45, 2.75) is 12.4 Å². The molecular weight excluding hydrogens is 285 g/mol. The van der Waals surface area contributed by atoms with Gasteiger partial charge in [-0.1, -0.05) is 17.7 Å². The second kappa shape index (κ2) is 4.83. The maximum Gasteiger partial charge on any atom is 0.152 e. The van der Waals surface area contributed by atoms with Crippen LogP contribution in [0.1, 0.15) is 11.6 Å². The highest BCUT2D eigenvalue weighted by molar-refractivity contribution is 6.35. The Labute approximate surface area is 119 Å². The van der Waals surface area contributed by atoms with Crippen molar-refractivity contribution in [3.63, 3.8) is 0 Å². The lowest BCUT2D eigenvalue weighted by Crippen LogP contribution is -2.08. The van der Waals surface area contributed by atoms with Crippen molar-refractivity contribution in [2.75, 3.05) is 0 Å². The zero-order valence-electron chi connectivity index (χ0n) is 10.2. The van der Waals surface area contributed by atoms with Crippen LogP contribution in [0.15, 0.2) is 24.5 Å². The van der Waals surface area contributed by atoms with Crippen LogP contribution in [-0.2, 0) is 19.5 Å². The topological polar surface area (TPSA) is 48.5 Å². The number of fused-ring (bicyclic) bond motifs is 1. The molecule has 1 aromatic carbocycles. The molecule has 2 aromatic heterocycles. The standard InChI is InChI=1S/C12H11Cl2N5/c1-18-7-15-17-11(18)6-19-10(5-13)16-9-4-2-3-8(14)12(9)19/h2-4,7H,5-6H2,1H3. The molecule has 0 saturated carbocycles. The van der Waals surface area contributed by atoms with Crippen molar-refractivity contribution >= 4 is 34.2 Å². The van der Waals surface area contributed by atoms with E-state index in [9.17, 15) is 0 Å². The van der Waals surface area contributed by atoms with Gasteiger partial charge in [-0.3, -0.25) is 0 Å². The monoisotopic (exact) mass is 295 g/mol. The molecule has 0 atom stereocenters. The Hall–Kier alpha value is -1.59. The van der Waals surface area contributed by atoms with E-state index in [2.05, 4.69) is 15.2 Å². The third-order valence-corrected chi connectivity index (χ3v) is 3.56. The van der Waals surface area contributed by atoms with Gasteiger partial charge in [-0.2, -0.15) is 0 Å². The van der Waals surface area contributed by atoms with E-state index in [1.165, 1.54) is 0 Å². The number of halogens is 2. The van der Waals surface area contributed by atoms with Crippen LogP contribution in [0.4, 0.5) is 0 Å². The van der Waals surface area contributed by atoms with Crippen molar-refractivity contribution < 1.29 is 0 Å². The lowest BCUT2D eigenvalue weighted by atomic mass is 10.3. The molecule has 3 rings (SSSR count). The summed E-state index contributed by atoms with van der Waals surface area (Å²) in [6.45, 7) is 0.540. The predicted molar refractivity (Wildman–Crippen MR) is 74.4 cm³/mol. The molecule has 0 radical (unpaired) electrons. The van der Waals surface area contributed by atoms with Gasteiger partial charge in [-0.25, -0.2) is 4.98 Å². The largest absolute Gasteiger partial charge is 0.319 e. The highest BCUT2D eigenvalue weighted by atomic mass is 35.5. The quantitative estimate of drug-likeness (QED) is 0.698. The molecule has 2 heterocycles. The summed E-state index contributed by atoms with van der Waals surface area (Å²) in [5.74, 6) is 1.92. The Morgan fingerprint density at radius 1 is 1.26 bits per heavy atom. The molecule has 0 N–H and O–H groups in total. The van der Waals surface area contributed by atoms with Crippen LogP contribution >= 0.6 is 23.2 Å². The van der Waals surface area contributed by atoms with E-state index in [1.54, 1.807) is 6.33 Å². The Morgan fingerprint density at radius 3 is 2.79 bits per heavy atom. The summed E-state index contributed by atoms with van der Waals surface area (Å²) in [4.78, 5) is 4.49. The minimum Gasteiger partial charge on any atom is -0.319 e. The highest BCUT2D eigenvalue weighted by Gasteiger charge is 2.14. The van der Waals surface area contributed by atoms with E-state index in [-0.39, 0.29) is 0 Å². The fraction of sp³-hybridized carbons (Fsp3) is 0.250. The van der Waals surface area contributed by atoms with E-state index in [0.29, 0.717) is 17.4 Å². The molecule has 0 fully saturated rings. The van der Waals surface area contributed by atoms with E-state index in [1.807, 2.05) is 34.4 Å². The fourth-order valence-electron chi connectivity index (χ4n) is 2.05. The number of nitrogens with zero attached hydrogens (tertiary/aromatic N) is 5. The Bertz CT molecular complexity index is 731. The maximum atomic E-state index is 6.27. The average molecular weight is 296 g/mol. The van der Waals surface area contributed by atoms with Gasteiger partial charge in [-0.05, 0) is 12.1 Å². The number of imidazole rings is 1. The van der Waals surface area contributed by atoms with E-state index in [0.717, 1.165) is 22.7 Å². The Morgan fingerprint density at radius 2 is 2.11 bits per heavy atom. The molecule has 19 heavy (non-hydrogen) atoms. The molecule has 0 aliphatic rings. The molecule has 0 bridgehead atoms. The number of aromatic nitrogens is 5. The number of hydrogen-bond acceptors (Lipinski definition) is 3. The second-order valence-electron chi connectivity index (χ2n) is 4.21. The van der Waals surface area contributed by atoms with E-state index >= 15 is 0 Å². The van der Waals surface area contributed by atoms with Crippen molar-refractivity contribution in [3.05, 3.63) is 41.2 Å². The Kier molecular flexibility index (Phi) is 3.16.